The summed E-state index contributed by atoms with van der Waals surface area (Å²) in [7, 11) is 0. The Kier molecular flexibility index (Phi) is 3.28. The highest BCUT2D eigenvalue weighted by atomic mass is 16.3. The van der Waals surface area contributed by atoms with Crippen LogP contribution >= 0.6 is 0 Å². The number of allylic oxidation sites excluding steroid dienone is 2. The van der Waals surface area contributed by atoms with E-state index in [1.54, 1.807) is 12.1 Å². The number of Topliss-reactive ketones (excluding diaryl/α,β-unsaturated/α-hetero) is 1. The van der Waals surface area contributed by atoms with Gasteiger partial charge in [0.1, 0.15) is 5.75 Å². The summed E-state index contributed by atoms with van der Waals surface area (Å²) >= 11 is 0. The van der Waals surface area contributed by atoms with Gasteiger partial charge in [-0.3, -0.25) is 9.59 Å². The lowest BCUT2D eigenvalue weighted by Crippen LogP contribution is -2.26. The smallest absolute Gasteiger partial charge is 0.213 e. The van der Waals surface area contributed by atoms with Gasteiger partial charge in [-0.2, -0.15) is 0 Å². The summed E-state index contributed by atoms with van der Waals surface area (Å²) in [5.74, 6) is -0.812. The van der Waals surface area contributed by atoms with Crippen molar-refractivity contribution in [3.05, 3.63) is 77.0 Å². The van der Waals surface area contributed by atoms with Gasteiger partial charge in [-0.15, -0.1) is 0 Å². The second kappa shape index (κ2) is 5.25. The summed E-state index contributed by atoms with van der Waals surface area (Å²) in [6.07, 6.45) is 1.28. The van der Waals surface area contributed by atoms with Crippen LogP contribution in [0.2, 0.25) is 0 Å². The van der Waals surface area contributed by atoms with Gasteiger partial charge in [0.25, 0.3) is 0 Å². The third kappa shape index (κ3) is 2.43. The number of ketones is 2. The number of hydrogen-bond acceptors (Lipinski definition) is 4. The monoisotopic (exact) mass is 279 g/mol. The van der Waals surface area contributed by atoms with E-state index in [1.165, 1.54) is 12.1 Å². The molecule has 0 bridgehead atoms. The summed E-state index contributed by atoms with van der Waals surface area (Å²) < 4.78 is 0. The van der Waals surface area contributed by atoms with Crippen molar-refractivity contribution in [3.63, 3.8) is 0 Å². The first-order valence-corrected chi connectivity index (χ1v) is 6.57. The van der Waals surface area contributed by atoms with Crippen LogP contribution in [0.4, 0.5) is 0 Å². The van der Waals surface area contributed by atoms with Crippen LogP contribution in [0.3, 0.4) is 0 Å². The number of hydrogen-bond donors (Lipinski definition) is 2. The van der Waals surface area contributed by atoms with Gasteiger partial charge in [-0.1, -0.05) is 42.5 Å². The maximum absolute atomic E-state index is 12.4. The molecular formula is C17H13NO3. The Morgan fingerprint density at radius 2 is 1.71 bits per heavy atom. The van der Waals surface area contributed by atoms with Crippen molar-refractivity contribution in [1.29, 1.82) is 0 Å². The Labute approximate surface area is 121 Å². The molecule has 104 valence electrons. The zero-order valence-electron chi connectivity index (χ0n) is 11.2. The third-order valence-corrected chi connectivity index (χ3v) is 3.38. The van der Waals surface area contributed by atoms with Crippen molar-refractivity contribution in [2.45, 2.75) is 6.54 Å². The fraction of sp³-hybridized carbons (Fsp3) is 0.0588. The molecule has 0 aliphatic heterocycles. The minimum atomic E-state index is -0.362. The van der Waals surface area contributed by atoms with Gasteiger partial charge in [-0.25, -0.2) is 0 Å². The molecule has 0 saturated heterocycles. The van der Waals surface area contributed by atoms with Gasteiger partial charge in [-0.05, 0) is 11.6 Å². The number of fused-ring (bicyclic) bond motifs is 1. The molecule has 2 aromatic rings. The van der Waals surface area contributed by atoms with E-state index in [0.29, 0.717) is 6.54 Å². The first-order valence-electron chi connectivity index (χ1n) is 6.57. The van der Waals surface area contributed by atoms with E-state index < -0.39 is 0 Å². The zero-order chi connectivity index (χ0) is 14.8. The summed E-state index contributed by atoms with van der Waals surface area (Å²) in [6.45, 7) is 0.439. The number of phenols is 1. The van der Waals surface area contributed by atoms with Crippen LogP contribution < -0.4 is 5.32 Å². The standard InChI is InChI=1S/C17H13NO3/c19-14-8-4-7-12-15(20)9-13(17(21)16(12)14)18-10-11-5-2-1-3-6-11/h1-9,18-19H,10H2. The largest absolute Gasteiger partial charge is 0.507 e. The number of carbonyl (C=O) groups excluding carboxylic acids is 2. The van der Waals surface area contributed by atoms with Gasteiger partial charge in [0, 0.05) is 18.2 Å². The van der Waals surface area contributed by atoms with Gasteiger partial charge in [0.05, 0.1) is 11.3 Å². The molecule has 21 heavy (non-hydrogen) atoms. The molecule has 0 unspecified atom stereocenters. The van der Waals surface area contributed by atoms with E-state index in [9.17, 15) is 14.7 Å². The molecule has 0 radical (unpaired) electrons. The molecule has 0 spiro atoms. The topological polar surface area (TPSA) is 66.4 Å². The van der Waals surface area contributed by atoms with Crippen molar-refractivity contribution in [2.24, 2.45) is 0 Å². The molecule has 0 heterocycles. The van der Waals surface area contributed by atoms with E-state index in [1.807, 2.05) is 30.3 Å². The number of phenolic OH excluding ortho intramolecular Hbond substituents is 1. The number of benzene rings is 2. The predicted molar refractivity (Wildman–Crippen MR) is 78.1 cm³/mol. The van der Waals surface area contributed by atoms with E-state index in [0.717, 1.165) is 5.56 Å². The van der Waals surface area contributed by atoms with Crippen LogP contribution in [0.5, 0.6) is 5.75 Å². The molecule has 0 aromatic heterocycles. The minimum absolute atomic E-state index is 0.0700. The fourth-order valence-electron chi connectivity index (χ4n) is 2.32. The minimum Gasteiger partial charge on any atom is -0.507 e. The van der Waals surface area contributed by atoms with Crippen LogP contribution in [0.25, 0.3) is 0 Å². The lowest BCUT2D eigenvalue weighted by molar-refractivity contribution is 0.0975. The summed E-state index contributed by atoms with van der Waals surface area (Å²) in [4.78, 5) is 24.4. The zero-order valence-corrected chi connectivity index (χ0v) is 11.2. The van der Waals surface area contributed by atoms with E-state index >= 15 is 0 Å². The van der Waals surface area contributed by atoms with Crippen molar-refractivity contribution in [2.75, 3.05) is 0 Å². The average Bonchev–Trinajstić information content (AvgIpc) is 2.50. The Hall–Kier alpha value is -2.88. The second-order valence-corrected chi connectivity index (χ2v) is 4.79. The summed E-state index contributed by atoms with van der Waals surface area (Å²) in [5, 5.41) is 12.8. The van der Waals surface area contributed by atoms with E-state index in [2.05, 4.69) is 5.32 Å². The van der Waals surface area contributed by atoms with Crippen molar-refractivity contribution >= 4 is 11.6 Å². The molecule has 3 rings (SSSR count). The molecule has 4 heteroatoms. The Bertz CT molecular complexity index is 748. The lowest BCUT2D eigenvalue weighted by Gasteiger charge is -2.17. The van der Waals surface area contributed by atoms with Crippen LogP contribution in [-0.4, -0.2) is 16.7 Å². The molecule has 2 N–H and O–H groups in total. The van der Waals surface area contributed by atoms with Crippen LogP contribution in [0, 0.1) is 0 Å². The second-order valence-electron chi connectivity index (χ2n) is 4.79. The van der Waals surface area contributed by atoms with Crippen LogP contribution in [0.15, 0.2) is 60.3 Å². The molecule has 0 amide bonds. The average molecular weight is 279 g/mol. The Morgan fingerprint density at radius 3 is 2.48 bits per heavy atom. The van der Waals surface area contributed by atoms with Crippen LogP contribution in [-0.2, 0) is 6.54 Å². The highest BCUT2D eigenvalue weighted by Crippen LogP contribution is 2.27. The summed E-state index contributed by atoms with van der Waals surface area (Å²) in [6, 6.07) is 14.1. The normalized spacial score (nSPS) is 13.6. The number of rotatable bonds is 3. The predicted octanol–water partition coefficient (Wildman–Crippen LogP) is 2.44. The van der Waals surface area contributed by atoms with Gasteiger partial charge in [0.2, 0.25) is 5.78 Å². The first kappa shape index (κ1) is 13.1. The van der Waals surface area contributed by atoms with Gasteiger partial charge in [0.15, 0.2) is 5.78 Å². The SMILES string of the molecule is O=C1C=C(NCc2ccccc2)C(=O)c2c(O)cccc21. The Morgan fingerprint density at radius 1 is 0.952 bits per heavy atom. The third-order valence-electron chi connectivity index (χ3n) is 3.38. The number of carbonyl (C=O) groups is 2. The van der Waals surface area contributed by atoms with Gasteiger partial charge >= 0.3 is 0 Å². The number of nitrogens with one attached hydrogen (secondary N) is 1. The molecule has 1 aliphatic rings. The van der Waals surface area contributed by atoms with Crippen molar-refractivity contribution in [3.8, 4) is 5.75 Å². The van der Waals surface area contributed by atoms with E-state index in [4.69, 9.17) is 0 Å². The number of aromatic hydroxyl groups is 1. The quantitative estimate of drug-likeness (QED) is 0.905. The molecule has 1 aliphatic carbocycles. The van der Waals surface area contributed by atoms with Gasteiger partial charge < -0.3 is 10.4 Å². The molecule has 0 saturated carbocycles. The van der Waals surface area contributed by atoms with Crippen LogP contribution in [0.1, 0.15) is 26.3 Å². The first-order chi connectivity index (χ1) is 10.2. The highest BCUT2D eigenvalue weighted by Gasteiger charge is 2.27. The van der Waals surface area contributed by atoms with E-state index in [-0.39, 0.29) is 34.1 Å². The van der Waals surface area contributed by atoms with Crippen molar-refractivity contribution < 1.29 is 14.7 Å². The highest BCUT2D eigenvalue weighted by molar-refractivity contribution is 6.25. The maximum atomic E-state index is 12.4. The molecular weight excluding hydrogens is 266 g/mol. The Balaban J connectivity index is 1.87. The lowest BCUT2D eigenvalue weighted by atomic mass is 9.92. The maximum Gasteiger partial charge on any atom is 0.213 e. The molecule has 2 aromatic carbocycles. The molecule has 4 nitrogen and oxygen atoms in total. The summed E-state index contributed by atoms with van der Waals surface area (Å²) in [5.41, 5.74) is 1.52. The fourth-order valence-corrected chi connectivity index (χ4v) is 2.32. The molecule has 0 atom stereocenters. The molecule has 0 fully saturated rings. The van der Waals surface area contributed by atoms with Crippen molar-refractivity contribution in [1.82, 2.24) is 5.32 Å².